The van der Waals surface area contributed by atoms with Gasteiger partial charge in [0, 0.05) is 5.41 Å². The Kier molecular flexibility index (Phi) is 4.90. The van der Waals surface area contributed by atoms with E-state index in [9.17, 15) is 21.6 Å². The minimum Gasteiger partial charge on any atom is -0.254 e. The zero-order valence-corrected chi connectivity index (χ0v) is 14.6. The number of hydrogen-bond donors (Lipinski definition) is 1. The molecule has 3 rings (SSSR count). The van der Waals surface area contributed by atoms with Gasteiger partial charge in [0.1, 0.15) is 5.82 Å². The zero-order chi connectivity index (χ0) is 18.9. The smallest absolute Gasteiger partial charge is 0.238 e. The van der Waals surface area contributed by atoms with Crippen molar-refractivity contribution in [3.63, 3.8) is 0 Å². The third-order valence-electron chi connectivity index (χ3n) is 4.60. The van der Waals surface area contributed by atoms with Crippen LogP contribution in [0.25, 0.3) is 11.1 Å². The van der Waals surface area contributed by atoms with Crippen LogP contribution in [0.4, 0.5) is 13.2 Å². The molecule has 1 aromatic carbocycles. The monoisotopic (exact) mass is 382 g/mol. The van der Waals surface area contributed by atoms with Gasteiger partial charge in [-0.25, -0.2) is 17.9 Å². The molecule has 2 N–H and O–H groups in total. The molecule has 8 heteroatoms. The summed E-state index contributed by atoms with van der Waals surface area (Å²) < 4.78 is 63.1. The summed E-state index contributed by atoms with van der Waals surface area (Å²) in [6, 6.07) is 8.49. The van der Waals surface area contributed by atoms with Crippen molar-refractivity contribution in [3.05, 3.63) is 59.7 Å². The molecule has 0 radical (unpaired) electrons. The van der Waals surface area contributed by atoms with E-state index in [1.807, 2.05) is 0 Å². The van der Waals surface area contributed by atoms with Crippen LogP contribution in [0.3, 0.4) is 0 Å². The third-order valence-corrected chi connectivity index (χ3v) is 5.53. The van der Waals surface area contributed by atoms with Crippen molar-refractivity contribution in [2.45, 2.75) is 17.7 Å². The normalized spacial score (nSPS) is 16.9. The molecule has 1 aromatic heterocycles. The van der Waals surface area contributed by atoms with Crippen LogP contribution in [-0.4, -0.2) is 26.8 Å². The number of primary sulfonamides is 1. The SMILES string of the molecule is NS(=O)(=O)c1ccc(C2=C(c3ccc(F)cn3)CC(CF)(CF)C2)cc1. The lowest BCUT2D eigenvalue weighted by Crippen LogP contribution is -2.22. The minimum atomic E-state index is -3.84. The first kappa shape index (κ1) is 18.6. The molecule has 1 aliphatic carbocycles. The zero-order valence-electron chi connectivity index (χ0n) is 13.8. The Morgan fingerprint density at radius 1 is 1.00 bits per heavy atom. The summed E-state index contributed by atoms with van der Waals surface area (Å²) >= 11 is 0. The first-order valence-corrected chi connectivity index (χ1v) is 9.42. The first-order chi connectivity index (χ1) is 12.3. The van der Waals surface area contributed by atoms with Crippen molar-refractivity contribution in [1.29, 1.82) is 0 Å². The Morgan fingerprint density at radius 3 is 2.12 bits per heavy atom. The predicted octanol–water partition coefficient (Wildman–Crippen LogP) is 3.50. The van der Waals surface area contributed by atoms with E-state index in [0.717, 1.165) is 6.20 Å². The molecule has 1 aliphatic rings. The molecule has 0 saturated carbocycles. The topological polar surface area (TPSA) is 73.1 Å². The highest BCUT2D eigenvalue weighted by atomic mass is 32.2. The molecule has 0 atom stereocenters. The molecule has 0 aliphatic heterocycles. The molecule has 0 spiro atoms. The van der Waals surface area contributed by atoms with Gasteiger partial charge < -0.3 is 0 Å². The van der Waals surface area contributed by atoms with E-state index in [0.29, 0.717) is 22.4 Å². The number of benzene rings is 1. The number of aromatic nitrogens is 1. The Labute approximate surface area is 149 Å². The lowest BCUT2D eigenvalue weighted by Gasteiger charge is -2.22. The van der Waals surface area contributed by atoms with Crippen molar-refractivity contribution in [3.8, 4) is 0 Å². The summed E-state index contributed by atoms with van der Waals surface area (Å²) in [5, 5.41) is 5.09. The van der Waals surface area contributed by atoms with E-state index >= 15 is 0 Å². The maximum atomic E-state index is 13.6. The van der Waals surface area contributed by atoms with Crippen molar-refractivity contribution in [1.82, 2.24) is 4.98 Å². The van der Waals surface area contributed by atoms with E-state index in [2.05, 4.69) is 4.98 Å². The van der Waals surface area contributed by atoms with Gasteiger partial charge in [-0.15, -0.1) is 0 Å². The van der Waals surface area contributed by atoms with Crippen molar-refractivity contribution in [2.24, 2.45) is 10.6 Å². The maximum absolute atomic E-state index is 13.6. The highest BCUT2D eigenvalue weighted by Crippen LogP contribution is 2.50. The van der Waals surface area contributed by atoms with Gasteiger partial charge in [0.2, 0.25) is 10.0 Å². The van der Waals surface area contributed by atoms with Gasteiger partial charge in [-0.2, -0.15) is 0 Å². The van der Waals surface area contributed by atoms with E-state index < -0.39 is 34.6 Å². The fourth-order valence-electron chi connectivity index (χ4n) is 3.17. The minimum absolute atomic E-state index is 0.0523. The first-order valence-electron chi connectivity index (χ1n) is 7.87. The number of pyridine rings is 1. The van der Waals surface area contributed by atoms with Crippen LogP contribution in [0.1, 0.15) is 24.1 Å². The Balaban J connectivity index is 2.09. The Bertz CT molecular complexity index is 935. The molecule has 0 unspecified atom stereocenters. The number of hydrogen-bond acceptors (Lipinski definition) is 3. The number of nitrogens with zero attached hydrogens (tertiary/aromatic N) is 1. The van der Waals surface area contributed by atoms with Crippen molar-refractivity contribution in [2.75, 3.05) is 13.3 Å². The number of rotatable bonds is 5. The summed E-state index contributed by atoms with van der Waals surface area (Å²) in [6.07, 6.45) is 1.32. The Hall–Kier alpha value is -2.19. The van der Waals surface area contributed by atoms with Gasteiger partial charge in [0.05, 0.1) is 30.1 Å². The van der Waals surface area contributed by atoms with Crippen LogP contribution in [0.5, 0.6) is 0 Å². The molecule has 0 bridgehead atoms. The number of halogens is 3. The van der Waals surface area contributed by atoms with Gasteiger partial charge >= 0.3 is 0 Å². The van der Waals surface area contributed by atoms with E-state index in [1.165, 1.54) is 24.3 Å². The van der Waals surface area contributed by atoms with Crippen LogP contribution < -0.4 is 5.14 Å². The van der Waals surface area contributed by atoms with E-state index in [1.54, 1.807) is 12.1 Å². The molecule has 0 saturated heterocycles. The second kappa shape index (κ2) is 6.85. The maximum Gasteiger partial charge on any atom is 0.238 e. The lowest BCUT2D eigenvalue weighted by atomic mass is 9.86. The fraction of sp³-hybridized carbons (Fsp3) is 0.278. The lowest BCUT2D eigenvalue weighted by molar-refractivity contribution is 0.170. The van der Waals surface area contributed by atoms with Gasteiger partial charge in [0.25, 0.3) is 0 Å². The van der Waals surface area contributed by atoms with Crippen LogP contribution >= 0.6 is 0 Å². The average Bonchev–Trinajstić information content (AvgIpc) is 3.02. The highest BCUT2D eigenvalue weighted by molar-refractivity contribution is 7.89. The Morgan fingerprint density at radius 2 is 1.62 bits per heavy atom. The second-order valence-electron chi connectivity index (χ2n) is 6.51. The van der Waals surface area contributed by atoms with Gasteiger partial charge in [-0.3, -0.25) is 13.8 Å². The summed E-state index contributed by atoms with van der Waals surface area (Å²) in [5.74, 6) is -0.506. The van der Waals surface area contributed by atoms with E-state index in [4.69, 9.17) is 5.14 Å². The molecule has 0 amide bonds. The number of allylic oxidation sites excluding steroid dienone is 2. The molecular formula is C18H17F3N2O2S. The fourth-order valence-corrected chi connectivity index (χ4v) is 3.69. The second-order valence-corrected chi connectivity index (χ2v) is 8.07. The highest BCUT2D eigenvalue weighted by Gasteiger charge is 2.40. The largest absolute Gasteiger partial charge is 0.254 e. The standard InChI is InChI=1S/C18H17F3N2O2S/c19-10-18(11-20)7-15(12-1-4-14(5-2-12)26(22,24)25)16(8-18)17-6-3-13(21)9-23-17/h1-6,9H,7-8,10-11H2,(H2,22,24,25). The third kappa shape index (κ3) is 3.52. The molecule has 26 heavy (non-hydrogen) atoms. The van der Waals surface area contributed by atoms with Crippen LogP contribution in [0, 0.1) is 11.2 Å². The average molecular weight is 382 g/mol. The number of alkyl halides is 2. The van der Waals surface area contributed by atoms with Crippen LogP contribution in [0.15, 0.2) is 47.5 Å². The van der Waals surface area contributed by atoms with E-state index in [-0.39, 0.29) is 17.7 Å². The van der Waals surface area contributed by atoms with Crippen LogP contribution in [-0.2, 0) is 10.0 Å². The number of nitrogens with two attached hydrogens (primary N) is 1. The van der Waals surface area contributed by atoms with Gasteiger partial charge in [-0.05, 0) is 53.8 Å². The summed E-state index contributed by atoms with van der Waals surface area (Å²) in [4.78, 5) is 3.98. The molecule has 0 fully saturated rings. The molecule has 138 valence electrons. The van der Waals surface area contributed by atoms with Crippen LogP contribution in [0.2, 0.25) is 0 Å². The van der Waals surface area contributed by atoms with Crippen molar-refractivity contribution < 1.29 is 21.6 Å². The molecular weight excluding hydrogens is 365 g/mol. The molecule has 4 nitrogen and oxygen atoms in total. The molecule has 1 heterocycles. The number of sulfonamides is 1. The predicted molar refractivity (Wildman–Crippen MR) is 92.4 cm³/mol. The quantitative estimate of drug-likeness (QED) is 0.860. The van der Waals surface area contributed by atoms with Gasteiger partial charge in [-0.1, -0.05) is 12.1 Å². The summed E-state index contributed by atoms with van der Waals surface area (Å²) in [6.45, 7) is -1.68. The van der Waals surface area contributed by atoms with Gasteiger partial charge in [0.15, 0.2) is 0 Å². The summed E-state index contributed by atoms with van der Waals surface area (Å²) in [5.41, 5.74) is 1.19. The summed E-state index contributed by atoms with van der Waals surface area (Å²) in [7, 11) is -3.84. The van der Waals surface area contributed by atoms with Crippen molar-refractivity contribution >= 4 is 21.2 Å². The molecule has 2 aromatic rings.